The lowest BCUT2D eigenvalue weighted by molar-refractivity contribution is 0.0996. The highest BCUT2D eigenvalue weighted by atomic mass is 79.9. The molecule has 2 atom stereocenters. The number of hydrogen-bond acceptors (Lipinski definition) is 4. The van der Waals surface area contributed by atoms with E-state index in [1.54, 1.807) is 6.20 Å². The van der Waals surface area contributed by atoms with Gasteiger partial charge in [0.05, 0.1) is 18.0 Å². The van der Waals surface area contributed by atoms with E-state index in [9.17, 15) is 4.79 Å². The Morgan fingerprint density at radius 1 is 1.79 bits per heavy atom. The SMILES string of the molecule is C#CCn1ncc(NC(C)C2CCCO2)c(Br)c1=O. The summed E-state index contributed by atoms with van der Waals surface area (Å²) in [6, 6.07) is 0.128. The molecule has 1 N–H and O–H groups in total. The van der Waals surface area contributed by atoms with E-state index in [4.69, 9.17) is 11.2 Å². The molecule has 0 spiro atoms. The highest BCUT2D eigenvalue weighted by Gasteiger charge is 2.23. The van der Waals surface area contributed by atoms with Crippen molar-refractivity contribution in [1.82, 2.24) is 9.78 Å². The van der Waals surface area contributed by atoms with E-state index in [1.165, 1.54) is 4.68 Å². The smallest absolute Gasteiger partial charge is 0.284 e. The minimum atomic E-state index is -0.234. The third-order valence-corrected chi connectivity index (χ3v) is 3.90. The molecule has 1 aliphatic heterocycles. The summed E-state index contributed by atoms with van der Waals surface area (Å²) in [6.07, 6.45) is 9.09. The van der Waals surface area contributed by atoms with Gasteiger partial charge in [-0.05, 0) is 35.7 Å². The molecule has 0 amide bonds. The summed E-state index contributed by atoms with van der Waals surface area (Å²) in [5.41, 5.74) is 0.434. The molecule has 1 aliphatic rings. The monoisotopic (exact) mass is 325 g/mol. The zero-order valence-corrected chi connectivity index (χ0v) is 12.3. The molecule has 0 bridgehead atoms. The largest absolute Gasteiger partial charge is 0.378 e. The Morgan fingerprint density at radius 3 is 3.21 bits per heavy atom. The van der Waals surface area contributed by atoms with Crippen LogP contribution in [-0.2, 0) is 11.3 Å². The van der Waals surface area contributed by atoms with Gasteiger partial charge in [-0.3, -0.25) is 4.79 Å². The molecular weight excluding hydrogens is 310 g/mol. The molecule has 2 rings (SSSR count). The molecule has 0 aliphatic carbocycles. The Kier molecular flexibility index (Phi) is 4.61. The van der Waals surface area contributed by atoms with Crippen LogP contribution in [0.3, 0.4) is 0 Å². The fourth-order valence-corrected chi connectivity index (χ4v) is 2.52. The van der Waals surface area contributed by atoms with E-state index in [1.807, 2.05) is 6.92 Å². The molecule has 2 heterocycles. The number of terminal acetylenes is 1. The first-order valence-corrected chi connectivity index (χ1v) is 7.00. The molecule has 1 aromatic heterocycles. The fourth-order valence-electron chi connectivity index (χ4n) is 2.10. The van der Waals surface area contributed by atoms with E-state index in [-0.39, 0.29) is 24.2 Å². The van der Waals surface area contributed by atoms with Crippen molar-refractivity contribution in [3.63, 3.8) is 0 Å². The molecule has 1 fully saturated rings. The van der Waals surface area contributed by atoms with Gasteiger partial charge in [0.2, 0.25) is 0 Å². The number of nitrogens with one attached hydrogen (secondary N) is 1. The zero-order chi connectivity index (χ0) is 13.8. The van der Waals surface area contributed by atoms with Gasteiger partial charge in [-0.15, -0.1) is 6.42 Å². The predicted molar refractivity (Wildman–Crippen MR) is 77.1 cm³/mol. The highest BCUT2D eigenvalue weighted by molar-refractivity contribution is 9.10. The van der Waals surface area contributed by atoms with Crippen molar-refractivity contribution in [2.24, 2.45) is 0 Å². The summed E-state index contributed by atoms with van der Waals surface area (Å²) in [6.45, 7) is 3.01. The number of anilines is 1. The highest BCUT2D eigenvalue weighted by Crippen LogP contribution is 2.22. The molecular formula is C13H16BrN3O2. The predicted octanol–water partition coefficient (Wildman–Crippen LogP) is 1.62. The van der Waals surface area contributed by atoms with Crippen LogP contribution in [0.2, 0.25) is 0 Å². The first-order chi connectivity index (χ1) is 9.13. The van der Waals surface area contributed by atoms with E-state index >= 15 is 0 Å². The van der Waals surface area contributed by atoms with Gasteiger partial charge in [0.1, 0.15) is 11.0 Å². The number of aromatic nitrogens is 2. The maximum Gasteiger partial charge on any atom is 0.284 e. The third kappa shape index (κ3) is 3.17. The summed E-state index contributed by atoms with van der Waals surface area (Å²) in [7, 11) is 0. The molecule has 5 nitrogen and oxygen atoms in total. The van der Waals surface area contributed by atoms with Crippen molar-refractivity contribution >= 4 is 21.6 Å². The lowest BCUT2D eigenvalue weighted by Crippen LogP contribution is -2.32. The quantitative estimate of drug-likeness (QED) is 0.855. The van der Waals surface area contributed by atoms with Crippen LogP contribution in [-0.4, -0.2) is 28.5 Å². The first kappa shape index (κ1) is 14.1. The number of hydrogen-bond donors (Lipinski definition) is 1. The van der Waals surface area contributed by atoms with Gasteiger partial charge in [0, 0.05) is 12.6 Å². The maximum absolute atomic E-state index is 12.0. The molecule has 2 unspecified atom stereocenters. The normalized spacial score (nSPS) is 19.9. The van der Waals surface area contributed by atoms with Crippen molar-refractivity contribution in [3.8, 4) is 12.3 Å². The van der Waals surface area contributed by atoms with Crippen LogP contribution in [0, 0.1) is 12.3 Å². The number of ether oxygens (including phenoxy) is 1. The summed E-state index contributed by atoms with van der Waals surface area (Å²) >= 11 is 3.29. The fraction of sp³-hybridized carbons (Fsp3) is 0.538. The molecule has 0 radical (unpaired) electrons. The summed E-state index contributed by atoms with van der Waals surface area (Å²) < 4.78 is 7.30. The second kappa shape index (κ2) is 6.22. The van der Waals surface area contributed by atoms with Crippen molar-refractivity contribution in [2.45, 2.75) is 38.5 Å². The van der Waals surface area contributed by atoms with Crippen molar-refractivity contribution in [1.29, 1.82) is 0 Å². The van der Waals surface area contributed by atoms with E-state index in [0.29, 0.717) is 10.2 Å². The zero-order valence-electron chi connectivity index (χ0n) is 10.7. The minimum absolute atomic E-state index is 0.128. The Morgan fingerprint density at radius 2 is 2.58 bits per heavy atom. The first-order valence-electron chi connectivity index (χ1n) is 6.20. The average Bonchev–Trinajstić information content (AvgIpc) is 2.92. The second-order valence-electron chi connectivity index (χ2n) is 4.52. The topological polar surface area (TPSA) is 56.1 Å². The van der Waals surface area contributed by atoms with Gasteiger partial charge in [-0.1, -0.05) is 5.92 Å². The van der Waals surface area contributed by atoms with Crippen LogP contribution in [0.5, 0.6) is 0 Å². The van der Waals surface area contributed by atoms with E-state index < -0.39 is 0 Å². The summed E-state index contributed by atoms with van der Waals surface area (Å²) in [4.78, 5) is 12.0. The number of rotatable bonds is 4. The molecule has 102 valence electrons. The van der Waals surface area contributed by atoms with Crippen molar-refractivity contribution in [3.05, 3.63) is 21.0 Å². The van der Waals surface area contributed by atoms with Gasteiger partial charge < -0.3 is 10.1 Å². The van der Waals surface area contributed by atoms with Gasteiger partial charge in [0.15, 0.2) is 0 Å². The third-order valence-electron chi connectivity index (χ3n) is 3.13. The standard InChI is InChI=1S/C13H16BrN3O2/c1-3-6-17-13(18)12(14)10(8-15-17)16-9(2)11-5-4-7-19-11/h1,8-9,11,16H,4-7H2,2H3. The number of nitrogens with zero attached hydrogens (tertiary/aromatic N) is 2. The van der Waals surface area contributed by atoms with Crippen molar-refractivity contribution < 1.29 is 4.74 Å². The molecule has 6 heteroatoms. The summed E-state index contributed by atoms with van der Waals surface area (Å²) in [5.74, 6) is 2.40. The lowest BCUT2D eigenvalue weighted by Gasteiger charge is -2.21. The molecule has 19 heavy (non-hydrogen) atoms. The van der Waals surface area contributed by atoms with Crippen LogP contribution in [0.4, 0.5) is 5.69 Å². The van der Waals surface area contributed by atoms with Crippen molar-refractivity contribution in [2.75, 3.05) is 11.9 Å². The second-order valence-corrected chi connectivity index (χ2v) is 5.32. The number of halogens is 1. The van der Waals surface area contributed by atoms with Gasteiger partial charge >= 0.3 is 0 Å². The lowest BCUT2D eigenvalue weighted by atomic mass is 10.1. The van der Waals surface area contributed by atoms with Gasteiger partial charge in [-0.25, -0.2) is 4.68 Å². The minimum Gasteiger partial charge on any atom is -0.378 e. The van der Waals surface area contributed by atoms with Gasteiger partial charge in [-0.2, -0.15) is 5.10 Å². The Hall–Kier alpha value is -1.32. The van der Waals surface area contributed by atoms with Crippen LogP contribution < -0.4 is 10.9 Å². The molecule has 0 saturated carbocycles. The average molecular weight is 326 g/mol. The maximum atomic E-state index is 12.0. The van der Waals surface area contributed by atoms with Crippen LogP contribution in [0.15, 0.2) is 15.5 Å². The molecule has 1 aromatic rings. The Balaban J connectivity index is 2.15. The van der Waals surface area contributed by atoms with Crippen LogP contribution >= 0.6 is 15.9 Å². The Bertz CT molecular complexity index is 544. The van der Waals surface area contributed by atoms with Crippen LogP contribution in [0.1, 0.15) is 19.8 Å². The van der Waals surface area contributed by atoms with E-state index in [2.05, 4.69) is 32.3 Å². The molecule has 1 saturated heterocycles. The molecule has 0 aromatic carbocycles. The van der Waals surface area contributed by atoms with E-state index in [0.717, 1.165) is 19.4 Å². The Labute approximate surface area is 120 Å². The summed E-state index contributed by atoms with van der Waals surface area (Å²) in [5, 5.41) is 7.30. The van der Waals surface area contributed by atoms with Gasteiger partial charge in [0.25, 0.3) is 5.56 Å². The van der Waals surface area contributed by atoms with Crippen LogP contribution in [0.25, 0.3) is 0 Å².